The summed E-state index contributed by atoms with van der Waals surface area (Å²) in [5.41, 5.74) is 2.32. The number of hydrogen-bond donors (Lipinski definition) is 2. The summed E-state index contributed by atoms with van der Waals surface area (Å²) >= 11 is 0.858. The second-order valence-electron chi connectivity index (χ2n) is 9.42. The number of rotatable bonds is 8. The average molecular weight is 510 g/mol. The molecule has 2 N–H and O–H groups in total. The van der Waals surface area contributed by atoms with Crippen molar-refractivity contribution in [2.24, 2.45) is 0 Å². The highest BCUT2D eigenvalue weighted by molar-refractivity contribution is 8.18. The van der Waals surface area contributed by atoms with E-state index in [1.807, 2.05) is 12.1 Å². The average Bonchev–Trinajstić information content (AvgIpc) is 3.11. The van der Waals surface area contributed by atoms with Gasteiger partial charge < -0.3 is 15.4 Å². The van der Waals surface area contributed by atoms with Crippen LogP contribution in [0.25, 0.3) is 6.08 Å². The minimum Gasteiger partial charge on any atom is -0.497 e. The third-order valence-corrected chi connectivity index (χ3v) is 6.58. The molecule has 1 atom stereocenters. The van der Waals surface area contributed by atoms with Crippen LogP contribution in [0.15, 0.2) is 53.4 Å². The number of methoxy groups -OCH3 is 1. The molecule has 190 valence electrons. The molecule has 1 aliphatic heterocycles. The van der Waals surface area contributed by atoms with E-state index in [2.05, 4.69) is 31.4 Å². The zero-order valence-corrected chi connectivity index (χ0v) is 21.9. The lowest BCUT2D eigenvalue weighted by molar-refractivity contribution is -0.124. The normalized spacial score (nSPS) is 15.7. The summed E-state index contributed by atoms with van der Waals surface area (Å²) in [7, 11) is 1.57. The molecule has 0 spiro atoms. The molecule has 1 aliphatic rings. The molecule has 2 aromatic carbocycles. The van der Waals surface area contributed by atoms with E-state index in [0.717, 1.165) is 27.8 Å². The maximum absolute atomic E-state index is 12.7. The van der Waals surface area contributed by atoms with Gasteiger partial charge in [-0.25, -0.2) is 0 Å². The molecule has 3 rings (SSSR count). The van der Waals surface area contributed by atoms with Gasteiger partial charge in [-0.3, -0.25) is 24.1 Å². The first-order valence-corrected chi connectivity index (χ1v) is 12.4. The number of ether oxygens (including phenoxy) is 1. The number of thioether (sulfide) groups is 1. The number of nitrogens with zero attached hydrogens (tertiary/aromatic N) is 1. The molecule has 4 amide bonds. The highest BCUT2D eigenvalue weighted by Gasteiger charge is 2.34. The Balaban J connectivity index is 1.49. The first kappa shape index (κ1) is 27.0. The zero-order chi connectivity index (χ0) is 26.5. The number of carbonyl (C=O) groups excluding carboxylic acids is 4. The molecule has 36 heavy (non-hydrogen) atoms. The van der Waals surface area contributed by atoms with Gasteiger partial charge in [0.25, 0.3) is 17.1 Å². The van der Waals surface area contributed by atoms with Gasteiger partial charge in [0.15, 0.2) is 0 Å². The molecule has 1 saturated heterocycles. The van der Waals surface area contributed by atoms with Crippen LogP contribution in [0.4, 0.5) is 4.79 Å². The first-order chi connectivity index (χ1) is 17.0. The zero-order valence-electron chi connectivity index (χ0n) is 21.1. The standard InChI is InChI=1S/C27H31N3O5S/c1-17(29-24(32)19-8-10-20(11-9-19)27(2,3)4)23(31)28-14-15-30-25(33)22(36-26(30)34)16-18-6-12-21(35-5)13-7-18/h6-13,16-17H,14-15H2,1-5H3,(H,28,31)(H,29,32)/t17-/m0/s1. The van der Waals surface area contributed by atoms with E-state index in [-0.39, 0.29) is 24.4 Å². The molecule has 0 unspecified atom stereocenters. The second kappa shape index (κ2) is 11.4. The van der Waals surface area contributed by atoms with E-state index < -0.39 is 23.1 Å². The molecule has 8 nitrogen and oxygen atoms in total. The fourth-order valence-corrected chi connectivity index (χ4v) is 4.32. The Labute approximate surface area is 215 Å². The third kappa shape index (κ3) is 6.75. The lowest BCUT2D eigenvalue weighted by Crippen LogP contribution is -2.47. The van der Waals surface area contributed by atoms with Crippen LogP contribution in [0.2, 0.25) is 0 Å². The molecule has 2 aromatic rings. The van der Waals surface area contributed by atoms with Crippen molar-refractivity contribution in [1.29, 1.82) is 0 Å². The Morgan fingerprint density at radius 1 is 1.06 bits per heavy atom. The Bertz CT molecular complexity index is 1170. The number of benzene rings is 2. The monoisotopic (exact) mass is 509 g/mol. The van der Waals surface area contributed by atoms with Crippen molar-refractivity contribution in [3.8, 4) is 5.75 Å². The summed E-state index contributed by atoms with van der Waals surface area (Å²) in [6, 6.07) is 13.6. The second-order valence-corrected chi connectivity index (χ2v) is 10.4. The number of nitrogens with one attached hydrogen (secondary N) is 2. The summed E-state index contributed by atoms with van der Waals surface area (Å²) in [4.78, 5) is 51.4. The SMILES string of the molecule is COc1ccc(C=C2SC(=O)N(CCNC(=O)[C@H](C)NC(=O)c3ccc(C(C)(C)C)cc3)C2=O)cc1. The topological polar surface area (TPSA) is 105 Å². The van der Waals surface area contributed by atoms with Crippen LogP contribution in [-0.2, 0) is 15.0 Å². The van der Waals surface area contributed by atoms with Gasteiger partial charge in [0.2, 0.25) is 5.91 Å². The van der Waals surface area contributed by atoms with Crippen LogP contribution in [-0.4, -0.2) is 54.1 Å². The first-order valence-electron chi connectivity index (χ1n) is 11.6. The Hall–Kier alpha value is -3.59. The maximum atomic E-state index is 12.7. The van der Waals surface area contributed by atoms with Crippen molar-refractivity contribution < 1.29 is 23.9 Å². The molecule has 0 radical (unpaired) electrons. The van der Waals surface area contributed by atoms with Crippen LogP contribution in [0.3, 0.4) is 0 Å². The minimum absolute atomic E-state index is 0.0228. The van der Waals surface area contributed by atoms with E-state index in [4.69, 9.17) is 4.74 Å². The fourth-order valence-electron chi connectivity index (χ4n) is 3.46. The van der Waals surface area contributed by atoms with Gasteiger partial charge in [0.1, 0.15) is 11.8 Å². The summed E-state index contributed by atoms with van der Waals surface area (Å²) < 4.78 is 5.12. The number of imide groups is 1. The fraction of sp³-hybridized carbons (Fsp3) is 0.333. The van der Waals surface area contributed by atoms with Crippen LogP contribution < -0.4 is 15.4 Å². The van der Waals surface area contributed by atoms with E-state index in [0.29, 0.717) is 16.2 Å². The van der Waals surface area contributed by atoms with Crippen LogP contribution in [0, 0.1) is 0 Å². The van der Waals surface area contributed by atoms with Crippen molar-refractivity contribution in [1.82, 2.24) is 15.5 Å². The van der Waals surface area contributed by atoms with Crippen molar-refractivity contribution in [3.05, 3.63) is 70.1 Å². The molecule has 0 saturated carbocycles. The molecule has 0 aliphatic carbocycles. The summed E-state index contributed by atoms with van der Waals surface area (Å²) in [5.74, 6) is -0.474. The van der Waals surface area contributed by atoms with Crippen LogP contribution >= 0.6 is 11.8 Å². The molecular weight excluding hydrogens is 478 g/mol. The van der Waals surface area contributed by atoms with E-state index in [9.17, 15) is 19.2 Å². The Morgan fingerprint density at radius 2 is 1.69 bits per heavy atom. The van der Waals surface area contributed by atoms with Gasteiger partial charge >= 0.3 is 0 Å². The number of carbonyl (C=O) groups is 4. The van der Waals surface area contributed by atoms with E-state index in [1.165, 1.54) is 0 Å². The van der Waals surface area contributed by atoms with Crippen molar-refractivity contribution in [3.63, 3.8) is 0 Å². The van der Waals surface area contributed by atoms with Gasteiger partial charge in [0.05, 0.1) is 12.0 Å². The highest BCUT2D eigenvalue weighted by atomic mass is 32.2. The number of hydrogen-bond acceptors (Lipinski definition) is 6. The van der Waals surface area contributed by atoms with Crippen molar-refractivity contribution in [2.45, 2.75) is 39.2 Å². The van der Waals surface area contributed by atoms with Crippen LogP contribution in [0.5, 0.6) is 5.75 Å². The van der Waals surface area contributed by atoms with Crippen molar-refractivity contribution >= 4 is 40.8 Å². The van der Waals surface area contributed by atoms with Gasteiger partial charge in [-0.15, -0.1) is 0 Å². The summed E-state index contributed by atoms with van der Waals surface area (Å²) in [6.45, 7) is 7.96. The molecule has 9 heteroatoms. The quantitative estimate of drug-likeness (QED) is 0.522. The highest BCUT2D eigenvalue weighted by Crippen LogP contribution is 2.32. The van der Waals surface area contributed by atoms with Gasteiger partial charge in [-0.1, -0.05) is 45.0 Å². The summed E-state index contributed by atoms with van der Waals surface area (Å²) in [5, 5.41) is 4.95. The minimum atomic E-state index is -0.787. The predicted molar refractivity (Wildman–Crippen MR) is 141 cm³/mol. The molecule has 1 heterocycles. The maximum Gasteiger partial charge on any atom is 0.293 e. The van der Waals surface area contributed by atoms with Gasteiger partial charge in [0, 0.05) is 18.7 Å². The van der Waals surface area contributed by atoms with Gasteiger partial charge in [-0.05, 0) is 65.6 Å². The summed E-state index contributed by atoms with van der Waals surface area (Å²) in [6.07, 6.45) is 1.65. The third-order valence-electron chi connectivity index (χ3n) is 5.68. The molecule has 1 fully saturated rings. The van der Waals surface area contributed by atoms with Crippen LogP contribution in [0.1, 0.15) is 49.2 Å². The number of amides is 4. The molecular formula is C27H31N3O5S. The predicted octanol–water partition coefficient (Wildman–Crippen LogP) is 3.96. The Morgan fingerprint density at radius 3 is 2.28 bits per heavy atom. The van der Waals surface area contributed by atoms with E-state index in [1.54, 1.807) is 56.5 Å². The molecule has 0 bridgehead atoms. The van der Waals surface area contributed by atoms with Crippen molar-refractivity contribution in [2.75, 3.05) is 20.2 Å². The van der Waals surface area contributed by atoms with Gasteiger partial charge in [-0.2, -0.15) is 0 Å². The lowest BCUT2D eigenvalue weighted by Gasteiger charge is -2.19. The smallest absolute Gasteiger partial charge is 0.293 e. The van der Waals surface area contributed by atoms with E-state index >= 15 is 0 Å². The Kier molecular flexibility index (Phi) is 8.57. The largest absolute Gasteiger partial charge is 0.497 e. The molecule has 0 aromatic heterocycles. The lowest BCUT2D eigenvalue weighted by atomic mass is 9.86.